The molecular weight excluding hydrogens is 380 g/mol. The third-order valence-corrected chi connectivity index (χ3v) is 7.04. The number of rotatable bonds is 0. The van der Waals surface area contributed by atoms with E-state index in [4.69, 9.17) is 0 Å². The molecule has 1 atom stereocenters. The summed E-state index contributed by atoms with van der Waals surface area (Å²) in [5.74, 6) is 0. The summed E-state index contributed by atoms with van der Waals surface area (Å²) in [6.07, 6.45) is 5.68. The van der Waals surface area contributed by atoms with Gasteiger partial charge in [0.1, 0.15) is 0 Å². The van der Waals surface area contributed by atoms with E-state index >= 15 is 0 Å². The first-order chi connectivity index (χ1) is 12.8. The number of alkyl halides is 1. The summed E-state index contributed by atoms with van der Waals surface area (Å²) in [5.41, 5.74) is 11.2. The van der Waals surface area contributed by atoms with E-state index in [1.165, 1.54) is 44.5 Å². The van der Waals surface area contributed by atoms with Gasteiger partial charge in [-0.25, -0.2) is 0 Å². The maximum absolute atomic E-state index is 4.03. The van der Waals surface area contributed by atoms with E-state index in [-0.39, 0.29) is 5.41 Å². The molecule has 3 aromatic carbocycles. The Morgan fingerprint density at radius 1 is 0.692 bits per heavy atom. The molecule has 0 bridgehead atoms. The molecule has 0 saturated carbocycles. The summed E-state index contributed by atoms with van der Waals surface area (Å²) < 4.78 is 0. The Balaban J connectivity index is 1.85. The molecule has 0 radical (unpaired) electrons. The quantitative estimate of drug-likeness (QED) is 0.380. The highest BCUT2D eigenvalue weighted by atomic mass is 79.9. The minimum atomic E-state index is -0.169. The van der Waals surface area contributed by atoms with Gasteiger partial charge in [-0.15, -0.1) is 0 Å². The van der Waals surface area contributed by atoms with Crippen molar-refractivity contribution in [1.29, 1.82) is 0 Å². The number of allylic oxidation sites excluding steroid dienone is 4. The number of halogens is 1. The molecule has 1 spiro atoms. The maximum atomic E-state index is 4.03. The van der Waals surface area contributed by atoms with Crippen molar-refractivity contribution in [1.82, 2.24) is 0 Å². The number of hydrogen-bond acceptors (Lipinski definition) is 0. The van der Waals surface area contributed by atoms with Crippen molar-refractivity contribution in [2.75, 3.05) is 0 Å². The van der Waals surface area contributed by atoms with E-state index in [1.807, 2.05) is 0 Å². The van der Waals surface area contributed by atoms with Gasteiger partial charge in [0.05, 0.1) is 5.41 Å². The van der Waals surface area contributed by atoms with Gasteiger partial charge in [-0.2, -0.15) is 0 Å². The van der Waals surface area contributed by atoms with Crippen LogP contribution in [0.3, 0.4) is 0 Å². The van der Waals surface area contributed by atoms with E-state index in [1.54, 1.807) is 0 Å². The fraction of sp³-hybridized carbons (Fsp3) is 0.120. The molecule has 3 aliphatic carbocycles. The third kappa shape index (κ3) is 1.57. The van der Waals surface area contributed by atoms with Gasteiger partial charge in [0.15, 0.2) is 0 Å². The molecule has 26 heavy (non-hydrogen) atoms. The fourth-order valence-corrected chi connectivity index (χ4v) is 6.16. The van der Waals surface area contributed by atoms with Crippen molar-refractivity contribution in [3.05, 3.63) is 113 Å². The Bertz CT molecular complexity index is 1090. The Morgan fingerprint density at radius 3 is 1.81 bits per heavy atom. The summed E-state index contributed by atoms with van der Waals surface area (Å²) in [6.45, 7) is 0. The highest BCUT2D eigenvalue weighted by molar-refractivity contribution is 9.09. The first-order valence-corrected chi connectivity index (χ1v) is 10.1. The molecule has 6 rings (SSSR count). The molecule has 0 amide bonds. The highest BCUT2D eigenvalue weighted by Crippen LogP contribution is 2.64. The van der Waals surface area contributed by atoms with Crippen molar-refractivity contribution in [2.24, 2.45) is 0 Å². The molecular formula is C25H17Br. The van der Waals surface area contributed by atoms with Crippen molar-refractivity contribution in [3.63, 3.8) is 0 Å². The van der Waals surface area contributed by atoms with Crippen LogP contribution in [0, 0.1) is 0 Å². The summed E-state index contributed by atoms with van der Waals surface area (Å²) in [5, 5.41) is 0. The number of hydrogen-bond donors (Lipinski definition) is 0. The predicted octanol–water partition coefficient (Wildman–Crippen LogP) is 6.49. The molecule has 0 N–H and O–H groups in total. The van der Waals surface area contributed by atoms with Crippen LogP contribution < -0.4 is 0 Å². The third-order valence-electron chi connectivity index (χ3n) is 6.21. The Kier molecular flexibility index (Phi) is 2.88. The fourth-order valence-electron chi connectivity index (χ4n) is 5.36. The van der Waals surface area contributed by atoms with Gasteiger partial charge >= 0.3 is 0 Å². The van der Waals surface area contributed by atoms with E-state index in [0.717, 1.165) is 6.42 Å². The smallest absolute Gasteiger partial charge is 0.0699 e. The van der Waals surface area contributed by atoms with Gasteiger partial charge in [-0.05, 0) is 50.9 Å². The molecule has 0 saturated heterocycles. The minimum absolute atomic E-state index is 0.169. The molecule has 1 unspecified atom stereocenters. The van der Waals surface area contributed by atoms with Gasteiger partial charge in [0.25, 0.3) is 0 Å². The Morgan fingerprint density at radius 2 is 1.19 bits per heavy atom. The molecule has 0 heterocycles. The average Bonchev–Trinajstić information content (AvgIpc) is 3.16. The van der Waals surface area contributed by atoms with Gasteiger partial charge in [0, 0.05) is 4.83 Å². The second-order valence-corrected chi connectivity index (χ2v) is 8.43. The predicted molar refractivity (Wildman–Crippen MR) is 112 cm³/mol. The van der Waals surface area contributed by atoms with Crippen LogP contribution in [-0.2, 0) is 5.41 Å². The van der Waals surface area contributed by atoms with E-state index < -0.39 is 0 Å². The van der Waals surface area contributed by atoms with Crippen molar-refractivity contribution < 1.29 is 0 Å². The Labute approximate surface area is 162 Å². The largest absolute Gasteiger partial charge is 0.0838 e. The lowest BCUT2D eigenvalue weighted by atomic mass is 9.68. The van der Waals surface area contributed by atoms with Crippen molar-refractivity contribution >= 4 is 21.5 Å². The zero-order chi connectivity index (χ0) is 17.3. The second-order valence-electron chi connectivity index (χ2n) is 7.32. The number of fused-ring (bicyclic) bond motifs is 9. The summed E-state index contributed by atoms with van der Waals surface area (Å²) in [6, 6.07) is 26.9. The summed E-state index contributed by atoms with van der Waals surface area (Å²) in [4.78, 5) is 0.356. The first-order valence-electron chi connectivity index (χ1n) is 9.18. The minimum Gasteiger partial charge on any atom is -0.0838 e. The molecule has 0 aliphatic heterocycles. The number of benzene rings is 3. The topological polar surface area (TPSA) is 0 Å². The molecule has 0 nitrogen and oxygen atoms in total. The zero-order valence-electron chi connectivity index (χ0n) is 14.2. The van der Waals surface area contributed by atoms with Crippen LogP contribution in [0.2, 0.25) is 0 Å². The zero-order valence-corrected chi connectivity index (χ0v) is 15.8. The maximum Gasteiger partial charge on any atom is 0.0699 e. The molecule has 124 valence electrons. The lowest BCUT2D eigenvalue weighted by molar-refractivity contribution is 0.725. The SMILES string of the molecule is BrC1CC=CC2=C1C1(c3ccccc32)c2ccccc2-c2ccccc21. The van der Waals surface area contributed by atoms with Gasteiger partial charge in [-0.3, -0.25) is 0 Å². The Hall–Kier alpha value is -2.38. The lowest BCUT2D eigenvalue weighted by Crippen LogP contribution is -2.31. The van der Waals surface area contributed by atoms with Crippen LogP contribution in [-0.4, -0.2) is 4.83 Å². The van der Waals surface area contributed by atoms with Crippen LogP contribution in [0.25, 0.3) is 16.7 Å². The first kappa shape index (κ1) is 14.8. The van der Waals surface area contributed by atoms with Crippen LogP contribution >= 0.6 is 15.9 Å². The van der Waals surface area contributed by atoms with E-state index in [2.05, 4.69) is 101 Å². The van der Waals surface area contributed by atoms with E-state index in [0.29, 0.717) is 4.83 Å². The average molecular weight is 397 g/mol. The molecule has 0 aromatic heterocycles. The molecule has 3 aromatic rings. The lowest BCUT2D eigenvalue weighted by Gasteiger charge is -2.35. The molecule has 3 aliphatic rings. The second kappa shape index (κ2) is 5.08. The van der Waals surface area contributed by atoms with Crippen molar-refractivity contribution in [3.8, 4) is 11.1 Å². The standard InChI is InChI=1S/C25H17Br/c26-23-15-7-11-19-18-10-3-6-14-22(18)25(24(19)23)20-12-4-1-8-16(20)17-9-2-5-13-21(17)25/h1-14,23H,15H2. The van der Waals surface area contributed by atoms with Crippen LogP contribution in [0.1, 0.15) is 28.7 Å². The van der Waals surface area contributed by atoms with Gasteiger partial charge < -0.3 is 0 Å². The van der Waals surface area contributed by atoms with E-state index in [9.17, 15) is 0 Å². The van der Waals surface area contributed by atoms with Crippen LogP contribution in [0.15, 0.2) is 90.5 Å². The summed E-state index contributed by atoms with van der Waals surface area (Å²) in [7, 11) is 0. The highest BCUT2D eigenvalue weighted by Gasteiger charge is 2.54. The van der Waals surface area contributed by atoms with Crippen LogP contribution in [0.5, 0.6) is 0 Å². The summed E-state index contributed by atoms with van der Waals surface area (Å²) >= 11 is 4.03. The van der Waals surface area contributed by atoms with Gasteiger partial charge in [0.2, 0.25) is 0 Å². The molecule has 1 heteroatoms. The van der Waals surface area contributed by atoms with Crippen molar-refractivity contribution in [2.45, 2.75) is 16.7 Å². The monoisotopic (exact) mass is 396 g/mol. The molecule has 0 fully saturated rings. The van der Waals surface area contributed by atoms with Crippen LogP contribution in [0.4, 0.5) is 0 Å². The van der Waals surface area contributed by atoms with Gasteiger partial charge in [-0.1, -0.05) is 101 Å². The normalized spacial score (nSPS) is 20.7.